The summed E-state index contributed by atoms with van der Waals surface area (Å²) >= 11 is 5.16. The maximum absolute atomic E-state index is 5.57. The SMILES string of the molecule is NNC(CSc1ccc(Br)cc1)c1cncnc1. The van der Waals surface area contributed by atoms with Gasteiger partial charge >= 0.3 is 0 Å². The van der Waals surface area contributed by atoms with Crippen molar-refractivity contribution < 1.29 is 0 Å². The number of hydrogen-bond donors (Lipinski definition) is 2. The molecule has 1 aromatic heterocycles. The lowest BCUT2D eigenvalue weighted by molar-refractivity contribution is 0.606. The summed E-state index contributed by atoms with van der Waals surface area (Å²) < 4.78 is 1.08. The van der Waals surface area contributed by atoms with Crippen LogP contribution in [0, 0.1) is 0 Å². The highest BCUT2D eigenvalue weighted by atomic mass is 79.9. The Labute approximate surface area is 119 Å². The molecule has 0 fully saturated rings. The molecule has 1 aromatic carbocycles. The van der Waals surface area contributed by atoms with Crippen molar-refractivity contribution in [3.05, 3.63) is 53.0 Å². The Kier molecular flexibility index (Phi) is 5.12. The van der Waals surface area contributed by atoms with Gasteiger partial charge < -0.3 is 0 Å². The van der Waals surface area contributed by atoms with Crippen LogP contribution in [0.15, 0.2) is 52.4 Å². The van der Waals surface area contributed by atoms with Gasteiger partial charge in [0.05, 0.1) is 6.04 Å². The predicted molar refractivity (Wildman–Crippen MR) is 77.0 cm³/mol. The Morgan fingerprint density at radius 1 is 1.22 bits per heavy atom. The molecule has 0 bridgehead atoms. The number of nitrogens with one attached hydrogen (secondary N) is 1. The molecule has 0 aliphatic carbocycles. The minimum absolute atomic E-state index is 0.0415. The summed E-state index contributed by atoms with van der Waals surface area (Å²) in [6.07, 6.45) is 5.07. The van der Waals surface area contributed by atoms with Gasteiger partial charge in [0.1, 0.15) is 6.33 Å². The van der Waals surface area contributed by atoms with Crippen LogP contribution < -0.4 is 11.3 Å². The minimum atomic E-state index is 0.0415. The second kappa shape index (κ2) is 6.84. The van der Waals surface area contributed by atoms with Gasteiger partial charge in [-0.1, -0.05) is 15.9 Å². The third-order valence-electron chi connectivity index (χ3n) is 2.41. The summed E-state index contributed by atoms with van der Waals surface area (Å²) in [5.74, 6) is 6.39. The molecule has 2 rings (SSSR count). The van der Waals surface area contributed by atoms with Gasteiger partial charge in [0.15, 0.2) is 0 Å². The second-order valence-electron chi connectivity index (χ2n) is 3.66. The molecule has 94 valence electrons. The maximum atomic E-state index is 5.57. The molecular weight excluding hydrogens is 312 g/mol. The van der Waals surface area contributed by atoms with E-state index in [1.165, 1.54) is 11.2 Å². The van der Waals surface area contributed by atoms with Crippen LogP contribution in [-0.2, 0) is 0 Å². The van der Waals surface area contributed by atoms with Crippen LogP contribution in [0.1, 0.15) is 11.6 Å². The summed E-state index contributed by atoms with van der Waals surface area (Å²) in [5.41, 5.74) is 3.78. The van der Waals surface area contributed by atoms with Gasteiger partial charge in [-0.05, 0) is 24.3 Å². The monoisotopic (exact) mass is 324 g/mol. The average Bonchev–Trinajstić information content (AvgIpc) is 2.43. The molecular formula is C12H13BrN4S. The van der Waals surface area contributed by atoms with Crippen LogP contribution in [0.2, 0.25) is 0 Å². The Bertz CT molecular complexity index is 477. The van der Waals surface area contributed by atoms with Crippen molar-refractivity contribution in [3.8, 4) is 0 Å². The van der Waals surface area contributed by atoms with E-state index in [0.29, 0.717) is 0 Å². The molecule has 6 heteroatoms. The van der Waals surface area contributed by atoms with E-state index in [1.807, 2.05) is 12.1 Å². The van der Waals surface area contributed by atoms with E-state index in [1.54, 1.807) is 24.2 Å². The van der Waals surface area contributed by atoms with Gasteiger partial charge in [0, 0.05) is 33.1 Å². The summed E-state index contributed by atoms with van der Waals surface area (Å²) in [5, 5.41) is 0. The molecule has 18 heavy (non-hydrogen) atoms. The van der Waals surface area contributed by atoms with Crippen molar-refractivity contribution in [2.24, 2.45) is 5.84 Å². The average molecular weight is 325 g/mol. The first-order chi connectivity index (χ1) is 8.79. The number of rotatable bonds is 5. The second-order valence-corrected chi connectivity index (χ2v) is 5.67. The number of nitrogens with two attached hydrogens (primary N) is 1. The third-order valence-corrected chi connectivity index (χ3v) is 4.05. The van der Waals surface area contributed by atoms with Crippen LogP contribution in [0.3, 0.4) is 0 Å². The summed E-state index contributed by atoms with van der Waals surface area (Å²) in [7, 11) is 0. The Hall–Kier alpha value is -0.950. The first-order valence-electron chi connectivity index (χ1n) is 5.39. The lowest BCUT2D eigenvalue weighted by atomic mass is 10.2. The molecule has 4 nitrogen and oxygen atoms in total. The maximum Gasteiger partial charge on any atom is 0.115 e. The molecule has 0 radical (unpaired) electrons. The van der Waals surface area contributed by atoms with E-state index in [2.05, 4.69) is 43.5 Å². The number of thioether (sulfide) groups is 1. The number of aromatic nitrogens is 2. The zero-order valence-corrected chi connectivity index (χ0v) is 12.0. The van der Waals surface area contributed by atoms with Crippen molar-refractivity contribution in [1.82, 2.24) is 15.4 Å². The molecule has 0 amide bonds. The molecule has 0 saturated heterocycles. The van der Waals surface area contributed by atoms with Crippen molar-refractivity contribution in [3.63, 3.8) is 0 Å². The normalized spacial score (nSPS) is 12.3. The molecule has 0 saturated carbocycles. The predicted octanol–water partition coefficient (Wildman–Crippen LogP) is 2.54. The third kappa shape index (κ3) is 3.78. The molecule has 0 aliphatic rings. The van der Waals surface area contributed by atoms with Crippen molar-refractivity contribution in [2.45, 2.75) is 10.9 Å². The number of benzene rings is 1. The fourth-order valence-corrected chi connectivity index (χ4v) is 2.68. The van der Waals surface area contributed by atoms with E-state index in [0.717, 1.165) is 15.8 Å². The van der Waals surface area contributed by atoms with Crippen LogP contribution in [0.5, 0.6) is 0 Å². The topological polar surface area (TPSA) is 63.8 Å². The van der Waals surface area contributed by atoms with Crippen molar-refractivity contribution in [2.75, 3.05) is 5.75 Å². The minimum Gasteiger partial charge on any atom is -0.271 e. The van der Waals surface area contributed by atoms with Crippen LogP contribution in [0.4, 0.5) is 0 Å². The lowest BCUT2D eigenvalue weighted by Gasteiger charge is -2.14. The van der Waals surface area contributed by atoms with Gasteiger partial charge in [-0.15, -0.1) is 11.8 Å². The quantitative estimate of drug-likeness (QED) is 0.502. The first-order valence-corrected chi connectivity index (χ1v) is 7.17. The zero-order valence-electron chi connectivity index (χ0n) is 9.58. The Balaban J connectivity index is 1.97. The highest BCUT2D eigenvalue weighted by molar-refractivity contribution is 9.10. The largest absolute Gasteiger partial charge is 0.271 e. The Morgan fingerprint density at radius 2 is 1.89 bits per heavy atom. The molecule has 0 aliphatic heterocycles. The highest BCUT2D eigenvalue weighted by Crippen LogP contribution is 2.25. The first kappa shape index (κ1) is 13.5. The lowest BCUT2D eigenvalue weighted by Crippen LogP contribution is -2.29. The van der Waals surface area contributed by atoms with Gasteiger partial charge in [0.25, 0.3) is 0 Å². The molecule has 1 heterocycles. The summed E-state index contributed by atoms with van der Waals surface area (Å²) in [4.78, 5) is 9.20. The smallest absolute Gasteiger partial charge is 0.115 e. The highest BCUT2D eigenvalue weighted by Gasteiger charge is 2.10. The van der Waals surface area contributed by atoms with E-state index in [4.69, 9.17) is 5.84 Å². The number of halogens is 1. The van der Waals surface area contributed by atoms with Gasteiger partial charge in [-0.25, -0.2) is 9.97 Å². The molecule has 3 N–H and O–H groups in total. The fraction of sp³-hybridized carbons (Fsp3) is 0.167. The van der Waals surface area contributed by atoms with Crippen LogP contribution in [-0.4, -0.2) is 15.7 Å². The molecule has 1 unspecified atom stereocenters. The van der Waals surface area contributed by atoms with Gasteiger partial charge in [0.2, 0.25) is 0 Å². The number of hydrazine groups is 1. The number of nitrogens with zero attached hydrogens (tertiary/aromatic N) is 2. The number of hydrogen-bond acceptors (Lipinski definition) is 5. The summed E-state index contributed by atoms with van der Waals surface area (Å²) in [6, 6.07) is 8.24. The van der Waals surface area contributed by atoms with Gasteiger partial charge in [-0.3, -0.25) is 11.3 Å². The molecule has 2 aromatic rings. The van der Waals surface area contributed by atoms with E-state index < -0.39 is 0 Å². The standard InChI is InChI=1S/C12H13BrN4S/c13-10-1-3-11(4-2-10)18-7-12(17-14)9-5-15-8-16-6-9/h1-6,8,12,17H,7,14H2. The van der Waals surface area contributed by atoms with E-state index in [-0.39, 0.29) is 6.04 Å². The molecule has 1 atom stereocenters. The summed E-state index contributed by atoms with van der Waals surface area (Å²) in [6.45, 7) is 0. The molecule has 0 spiro atoms. The zero-order chi connectivity index (χ0) is 12.8. The fourth-order valence-electron chi connectivity index (χ4n) is 1.44. The van der Waals surface area contributed by atoms with E-state index >= 15 is 0 Å². The van der Waals surface area contributed by atoms with Crippen molar-refractivity contribution >= 4 is 27.7 Å². The van der Waals surface area contributed by atoms with Gasteiger partial charge in [-0.2, -0.15) is 0 Å². The van der Waals surface area contributed by atoms with E-state index in [9.17, 15) is 0 Å². The van der Waals surface area contributed by atoms with Crippen LogP contribution in [0.25, 0.3) is 0 Å². The Morgan fingerprint density at radius 3 is 2.50 bits per heavy atom. The van der Waals surface area contributed by atoms with Crippen molar-refractivity contribution in [1.29, 1.82) is 0 Å². The van der Waals surface area contributed by atoms with Crippen LogP contribution >= 0.6 is 27.7 Å².